The van der Waals surface area contributed by atoms with Gasteiger partial charge in [0.15, 0.2) is 11.0 Å². The van der Waals surface area contributed by atoms with Crippen molar-refractivity contribution >= 4 is 39.0 Å². The van der Waals surface area contributed by atoms with Gasteiger partial charge in [0.2, 0.25) is 0 Å². The third-order valence-corrected chi connectivity index (χ3v) is 3.89. The molecule has 2 aromatic rings. The molecule has 1 aromatic heterocycles. The maximum absolute atomic E-state index is 5.93. The molecule has 1 N–H and O–H groups in total. The van der Waals surface area contributed by atoms with Crippen molar-refractivity contribution in [2.75, 3.05) is 5.32 Å². The molecule has 1 aromatic carbocycles. The van der Waals surface area contributed by atoms with Crippen molar-refractivity contribution < 1.29 is 0 Å². The Morgan fingerprint density at radius 1 is 1.11 bits per heavy atom. The second-order valence-electron chi connectivity index (χ2n) is 4.20. The summed E-state index contributed by atoms with van der Waals surface area (Å²) in [4.78, 5) is 0. The number of nitrogens with one attached hydrogen (secondary N) is 1. The van der Waals surface area contributed by atoms with E-state index in [1.165, 1.54) is 5.56 Å². The lowest BCUT2D eigenvalue weighted by atomic mass is 10.2. The largest absolute Gasteiger partial charge is 0.338 e. The first-order valence-electron chi connectivity index (χ1n) is 5.51. The summed E-state index contributed by atoms with van der Waals surface area (Å²) in [6.07, 6.45) is 0. The van der Waals surface area contributed by atoms with E-state index >= 15 is 0 Å². The quantitative estimate of drug-likeness (QED) is 0.879. The number of aryl methyl sites for hydroxylation is 1. The number of halogens is 2. The lowest BCUT2D eigenvalue weighted by Gasteiger charge is -2.12. The zero-order valence-corrected chi connectivity index (χ0v) is 12.7. The van der Waals surface area contributed by atoms with E-state index in [9.17, 15) is 0 Å². The molecule has 0 atom stereocenters. The molecule has 0 radical (unpaired) electrons. The van der Waals surface area contributed by atoms with Crippen LogP contribution in [0.1, 0.15) is 16.7 Å². The molecule has 0 aliphatic carbocycles. The van der Waals surface area contributed by atoms with Gasteiger partial charge in [-0.05, 0) is 65.5 Å². The SMILES string of the molecule is Cc1ccc(Br)c(Nc2nnc(Cl)c(C)c2C)c1. The molecule has 0 aliphatic rings. The Morgan fingerprint density at radius 2 is 1.83 bits per heavy atom. The van der Waals surface area contributed by atoms with E-state index in [1.54, 1.807) is 0 Å². The van der Waals surface area contributed by atoms with Gasteiger partial charge in [-0.25, -0.2) is 0 Å². The average molecular weight is 327 g/mol. The Labute approximate surface area is 120 Å². The molecule has 0 bridgehead atoms. The smallest absolute Gasteiger partial charge is 0.156 e. The van der Waals surface area contributed by atoms with Crippen LogP contribution in [0.4, 0.5) is 11.5 Å². The highest BCUT2D eigenvalue weighted by atomic mass is 79.9. The van der Waals surface area contributed by atoms with Crippen molar-refractivity contribution in [1.82, 2.24) is 10.2 Å². The summed E-state index contributed by atoms with van der Waals surface area (Å²) in [7, 11) is 0. The Morgan fingerprint density at radius 3 is 2.56 bits per heavy atom. The Bertz CT molecular complexity index is 599. The lowest BCUT2D eigenvalue weighted by Crippen LogP contribution is -2.02. The first kappa shape index (κ1) is 13.3. The van der Waals surface area contributed by atoms with Gasteiger partial charge in [0.25, 0.3) is 0 Å². The zero-order chi connectivity index (χ0) is 13.3. The summed E-state index contributed by atoms with van der Waals surface area (Å²) in [6.45, 7) is 5.95. The highest BCUT2D eigenvalue weighted by molar-refractivity contribution is 9.10. The van der Waals surface area contributed by atoms with Gasteiger partial charge in [0, 0.05) is 4.47 Å². The van der Waals surface area contributed by atoms with Crippen molar-refractivity contribution in [3.8, 4) is 0 Å². The molecule has 0 saturated heterocycles. The molecule has 94 valence electrons. The summed E-state index contributed by atoms with van der Waals surface area (Å²) in [6, 6.07) is 6.10. The van der Waals surface area contributed by atoms with Gasteiger partial charge < -0.3 is 5.32 Å². The second kappa shape index (κ2) is 5.24. The van der Waals surface area contributed by atoms with Crippen molar-refractivity contribution in [3.63, 3.8) is 0 Å². The molecular formula is C13H13BrClN3. The van der Waals surface area contributed by atoms with Crippen molar-refractivity contribution in [3.05, 3.63) is 44.5 Å². The van der Waals surface area contributed by atoms with E-state index in [0.717, 1.165) is 27.1 Å². The first-order valence-corrected chi connectivity index (χ1v) is 6.68. The predicted octanol–water partition coefficient (Wildman–Crippen LogP) is 4.56. The van der Waals surface area contributed by atoms with Gasteiger partial charge >= 0.3 is 0 Å². The van der Waals surface area contributed by atoms with Gasteiger partial charge in [-0.1, -0.05) is 17.7 Å². The molecule has 0 aliphatic heterocycles. The molecule has 3 nitrogen and oxygen atoms in total. The fraction of sp³-hybridized carbons (Fsp3) is 0.231. The monoisotopic (exact) mass is 325 g/mol. The van der Waals surface area contributed by atoms with Crippen LogP contribution in [0.2, 0.25) is 5.15 Å². The van der Waals surface area contributed by atoms with Crippen molar-refractivity contribution in [2.45, 2.75) is 20.8 Å². The fourth-order valence-electron chi connectivity index (χ4n) is 1.56. The van der Waals surface area contributed by atoms with Gasteiger partial charge in [-0.3, -0.25) is 0 Å². The molecular weight excluding hydrogens is 314 g/mol. The predicted molar refractivity (Wildman–Crippen MR) is 78.7 cm³/mol. The Hall–Kier alpha value is -1.13. The van der Waals surface area contributed by atoms with Gasteiger partial charge in [0.05, 0.1) is 5.69 Å². The molecule has 0 unspecified atom stereocenters. The van der Waals surface area contributed by atoms with Crippen molar-refractivity contribution in [2.24, 2.45) is 0 Å². The van der Waals surface area contributed by atoms with Crippen LogP contribution in [0.15, 0.2) is 22.7 Å². The topological polar surface area (TPSA) is 37.8 Å². The third kappa shape index (κ3) is 2.65. The zero-order valence-electron chi connectivity index (χ0n) is 10.4. The van der Waals surface area contributed by atoms with E-state index in [2.05, 4.69) is 37.5 Å². The highest BCUT2D eigenvalue weighted by Gasteiger charge is 2.09. The molecule has 0 saturated carbocycles. The Balaban J connectivity index is 2.40. The molecule has 0 fully saturated rings. The molecule has 5 heteroatoms. The summed E-state index contributed by atoms with van der Waals surface area (Å²) < 4.78 is 0.988. The van der Waals surface area contributed by atoms with E-state index in [-0.39, 0.29) is 0 Å². The first-order chi connectivity index (χ1) is 8.49. The van der Waals surface area contributed by atoms with E-state index in [4.69, 9.17) is 11.6 Å². The molecule has 0 spiro atoms. The summed E-state index contributed by atoms with van der Waals surface area (Å²) in [5, 5.41) is 11.7. The fourth-order valence-corrected chi connectivity index (χ4v) is 2.08. The molecule has 0 amide bonds. The standard InChI is InChI=1S/C13H13BrClN3/c1-7-4-5-10(14)11(6-7)16-13-9(3)8(2)12(15)17-18-13/h4-6H,1-3H3,(H,16,18). The van der Waals surface area contributed by atoms with Crippen LogP contribution in [-0.2, 0) is 0 Å². The van der Waals surface area contributed by atoms with Gasteiger partial charge in [-0.15, -0.1) is 10.2 Å². The van der Waals surface area contributed by atoms with Crippen LogP contribution in [0.25, 0.3) is 0 Å². The number of aromatic nitrogens is 2. The third-order valence-electron chi connectivity index (χ3n) is 2.84. The van der Waals surface area contributed by atoms with Crippen LogP contribution < -0.4 is 5.32 Å². The van der Waals surface area contributed by atoms with Crippen LogP contribution >= 0.6 is 27.5 Å². The minimum atomic E-state index is 0.446. The summed E-state index contributed by atoms with van der Waals surface area (Å²) >= 11 is 9.44. The number of hydrogen-bond acceptors (Lipinski definition) is 3. The maximum Gasteiger partial charge on any atom is 0.156 e. The minimum Gasteiger partial charge on any atom is -0.338 e. The maximum atomic E-state index is 5.93. The van der Waals surface area contributed by atoms with Crippen LogP contribution in [0, 0.1) is 20.8 Å². The molecule has 1 heterocycles. The Kier molecular flexibility index (Phi) is 3.88. The number of rotatable bonds is 2. The van der Waals surface area contributed by atoms with E-state index in [0.29, 0.717) is 5.15 Å². The normalized spacial score (nSPS) is 10.5. The van der Waals surface area contributed by atoms with Crippen LogP contribution in [0.3, 0.4) is 0 Å². The molecule has 18 heavy (non-hydrogen) atoms. The minimum absolute atomic E-state index is 0.446. The summed E-state index contributed by atoms with van der Waals surface area (Å²) in [5.74, 6) is 0.725. The average Bonchev–Trinajstić information content (AvgIpc) is 2.34. The second-order valence-corrected chi connectivity index (χ2v) is 5.41. The number of benzene rings is 1. The van der Waals surface area contributed by atoms with Crippen molar-refractivity contribution in [1.29, 1.82) is 0 Å². The number of anilines is 2. The summed E-state index contributed by atoms with van der Waals surface area (Å²) in [5.41, 5.74) is 4.09. The lowest BCUT2D eigenvalue weighted by molar-refractivity contribution is 1.00. The van der Waals surface area contributed by atoms with Crippen LogP contribution in [0.5, 0.6) is 0 Å². The van der Waals surface area contributed by atoms with E-state index < -0.39 is 0 Å². The van der Waals surface area contributed by atoms with Gasteiger partial charge in [0.1, 0.15) is 0 Å². The number of nitrogens with zero attached hydrogens (tertiary/aromatic N) is 2. The van der Waals surface area contributed by atoms with E-state index in [1.807, 2.05) is 32.9 Å². The van der Waals surface area contributed by atoms with Crippen LogP contribution in [-0.4, -0.2) is 10.2 Å². The molecule has 2 rings (SSSR count). The van der Waals surface area contributed by atoms with Gasteiger partial charge in [-0.2, -0.15) is 0 Å². The highest BCUT2D eigenvalue weighted by Crippen LogP contribution is 2.29. The number of hydrogen-bond donors (Lipinski definition) is 1.